The molecule has 0 N–H and O–H groups in total. The monoisotopic (exact) mass is 470 g/mol. The molecule has 7 heteroatoms. The van der Waals surface area contributed by atoms with Crippen LogP contribution in [0.2, 0.25) is 4.47 Å². The molecule has 2 rings (SSSR count). The number of Topliss-reactive ketones (excluding diaryl/α,β-unsaturated/α-hetero) is 1. The quantitative estimate of drug-likeness (QED) is 0.486. The van der Waals surface area contributed by atoms with Gasteiger partial charge in [0.05, 0.1) is 0 Å². The Kier molecular flexibility index (Phi) is 8.17. The van der Waals surface area contributed by atoms with Gasteiger partial charge in [-0.3, -0.25) is 0 Å². The second-order valence-corrected chi connectivity index (χ2v) is 12.1. The summed E-state index contributed by atoms with van der Waals surface area (Å²) < 4.78 is 42.5. The summed E-state index contributed by atoms with van der Waals surface area (Å²) in [4.78, 5) is 12.5. The molecule has 0 amide bonds. The fourth-order valence-corrected chi connectivity index (χ4v) is 8.30. The van der Waals surface area contributed by atoms with Gasteiger partial charge in [0, 0.05) is 0 Å². The van der Waals surface area contributed by atoms with E-state index in [1.165, 1.54) is 7.22 Å². The molecule has 136 valence electrons. The number of benzene rings is 2. The van der Waals surface area contributed by atoms with Crippen LogP contribution in [-0.2, 0) is 4.79 Å². The first-order valence-electron chi connectivity index (χ1n) is 7.70. The molecule has 0 heterocycles. The van der Waals surface area contributed by atoms with Gasteiger partial charge in [0.1, 0.15) is 0 Å². The van der Waals surface area contributed by atoms with Crippen LogP contribution in [0.4, 0.5) is 17.3 Å². The Bertz CT molecular complexity index is 609. The summed E-state index contributed by atoms with van der Waals surface area (Å²) in [5, 5.41) is 0. The van der Waals surface area contributed by atoms with Gasteiger partial charge in [-0.25, -0.2) is 0 Å². The molecule has 0 aliphatic carbocycles. The second kappa shape index (κ2) is 9.40. The largest absolute Gasteiger partial charge is 0.673 e. The zero-order valence-corrected chi connectivity index (χ0v) is 16.7. The van der Waals surface area contributed by atoms with Crippen LogP contribution in [0.3, 0.4) is 0 Å². The molecule has 0 unspecified atom stereocenters. The Labute approximate surface area is 153 Å². The van der Waals surface area contributed by atoms with Crippen LogP contribution in [0.15, 0.2) is 60.7 Å². The Morgan fingerprint density at radius 2 is 1.16 bits per heavy atom. The van der Waals surface area contributed by atoms with Crippen molar-refractivity contribution >= 4 is 39.8 Å². The number of ketones is 1. The number of halogens is 4. The normalized spacial score (nSPS) is 11.7. The average Bonchev–Trinajstić information content (AvgIpc) is 2.51. The molecule has 0 saturated carbocycles. The summed E-state index contributed by atoms with van der Waals surface area (Å²) >= 11 is -1.82. The summed E-state index contributed by atoms with van der Waals surface area (Å²) in [6.07, 6.45) is 0. The molecule has 1 nitrogen and oxygen atoms in total. The van der Waals surface area contributed by atoms with Crippen molar-refractivity contribution in [3.8, 4) is 0 Å². The smallest absolute Gasteiger partial charge is 0.418 e. The number of hydrogen-bond donors (Lipinski definition) is 0. The predicted molar refractivity (Wildman–Crippen MR) is 97.4 cm³/mol. The third kappa shape index (κ3) is 9.09. The van der Waals surface area contributed by atoms with E-state index in [-0.39, 0.29) is 5.41 Å². The van der Waals surface area contributed by atoms with E-state index in [4.69, 9.17) is 0 Å². The van der Waals surface area contributed by atoms with E-state index in [0.717, 1.165) is 4.47 Å². The Morgan fingerprint density at radius 1 is 0.840 bits per heavy atom. The SMILES string of the molecule is CC(C)(C)C(=O)C[Te+](c1ccccc1)c1ccccc1.F[B-](F)(F)F. The van der Waals surface area contributed by atoms with Crippen molar-refractivity contribution in [3.63, 3.8) is 0 Å². The van der Waals surface area contributed by atoms with Crippen molar-refractivity contribution in [2.75, 3.05) is 0 Å². The van der Waals surface area contributed by atoms with Gasteiger partial charge in [-0.2, -0.15) is 0 Å². The zero-order chi connectivity index (χ0) is 19.1. The van der Waals surface area contributed by atoms with Gasteiger partial charge in [0.15, 0.2) is 0 Å². The maximum absolute atomic E-state index is 12.5. The first kappa shape index (κ1) is 21.7. The van der Waals surface area contributed by atoms with E-state index in [1.54, 1.807) is 0 Å². The third-order valence-corrected chi connectivity index (χ3v) is 9.54. The summed E-state index contributed by atoms with van der Waals surface area (Å²) in [5.41, 5.74) is -0.247. The van der Waals surface area contributed by atoms with Gasteiger partial charge in [-0.15, -0.1) is 0 Å². The molecule has 25 heavy (non-hydrogen) atoms. The van der Waals surface area contributed by atoms with Crippen molar-refractivity contribution in [1.29, 1.82) is 0 Å². The summed E-state index contributed by atoms with van der Waals surface area (Å²) in [6.45, 7) is 6.05. The summed E-state index contributed by atoms with van der Waals surface area (Å²) in [7, 11) is -6.00. The van der Waals surface area contributed by atoms with E-state index in [0.29, 0.717) is 5.78 Å². The molecular weight excluding hydrogens is 447 g/mol. The Balaban J connectivity index is 0.000000550. The van der Waals surface area contributed by atoms with Crippen molar-refractivity contribution in [2.24, 2.45) is 5.41 Å². The van der Waals surface area contributed by atoms with Gasteiger partial charge >= 0.3 is 136 Å². The van der Waals surface area contributed by atoms with Gasteiger partial charge in [-0.1, -0.05) is 0 Å². The van der Waals surface area contributed by atoms with Crippen molar-refractivity contribution in [3.05, 3.63) is 60.7 Å². The molecule has 2 aromatic rings. The Morgan fingerprint density at radius 3 is 1.44 bits per heavy atom. The first-order chi connectivity index (χ1) is 11.5. The summed E-state index contributed by atoms with van der Waals surface area (Å²) in [6, 6.07) is 21.1. The van der Waals surface area contributed by atoms with E-state index in [9.17, 15) is 22.1 Å². The maximum Gasteiger partial charge on any atom is 0.673 e. The molecule has 0 bridgehead atoms. The number of carbonyl (C=O) groups is 1. The molecule has 0 aromatic heterocycles. The number of hydrogen-bond acceptors (Lipinski definition) is 1. The zero-order valence-electron chi connectivity index (χ0n) is 14.4. The van der Waals surface area contributed by atoms with Crippen LogP contribution in [0.5, 0.6) is 0 Å². The molecule has 0 atom stereocenters. The van der Waals surface area contributed by atoms with Gasteiger partial charge < -0.3 is 17.3 Å². The minimum Gasteiger partial charge on any atom is -0.418 e. The fraction of sp³-hybridized carbons (Fsp3) is 0.278. The van der Waals surface area contributed by atoms with Crippen LogP contribution in [0, 0.1) is 5.41 Å². The average molecular weight is 468 g/mol. The van der Waals surface area contributed by atoms with Crippen molar-refractivity contribution in [2.45, 2.75) is 25.2 Å². The molecule has 0 aliphatic rings. The summed E-state index contributed by atoms with van der Waals surface area (Å²) in [5.74, 6) is 0.377. The van der Waals surface area contributed by atoms with Gasteiger partial charge in [0.25, 0.3) is 0 Å². The predicted octanol–water partition coefficient (Wildman–Crippen LogP) is 4.21. The van der Waals surface area contributed by atoms with E-state index in [2.05, 4.69) is 48.5 Å². The van der Waals surface area contributed by atoms with Crippen LogP contribution in [0.1, 0.15) is 20.8 Å². The maximum atomic E-state index is 12.5. The van der Waals surface area contributed by atoms with E-state index in [1.807, 2.05) is 32.9 Å². The van der Waals surface area contributed by atoms with E-state index >= 15 is 0 Å². The minimum atomic E-state index is -6.00. The number of rotatable bonds is 4. The molecule has 0 radical (unpaired) electrons. The van der Waals surface area contributed by atoms with E-state index < -0.39 is 26.8 Å². The van der Waals surface area contributed by atoms with Crippen molar-refractivity contribution in [1.82, 2.24) is 0 Å². The molecule has 0 saturated heterocycles. The van der Waals surface area contributed by atoms with Crippen LogP contribution >= 0.6 is 0 Å². The molecule has 0 aliphatic heterocycles. The fourth-order valence-electron chi connectivity index (χ4n) is 1.82. The van der Waals surface area contributed by atoms with Crippen LogP contribution < -0.4 is 7.22 Å². The minimum absolute atomic E-state index is 0.247. The Hall–Kier alpha value is -1.32. The van der Waals surface area contributed by atoms with Gasteiger partial charge in [-0.05, 0) is 0 Å². The third-order valence-electron chi connectivity index (χ3n) is 3.17. The molecule has 0 spiro atoms. The first-order valence-corrected chi connectivity index (χ1v) is 11.7. The molecule has 0 fully saturated rings. The van der Waals surface area contributed by atoms with Crippen LogP contribution in [-0.4, -0.2) is 32.6 Å². The molecule has 2 aromatic carbocycles. The second-order valence-electron chi connectivity index (χ2n) is 6.33. The molecular formula is C18H21BF4OTe. The number of carbonyl (C=O) groups excluding carboxylic acids is 1. The van der Waals surface area contributed by atoms with Crippen LogP contribution in [0.25, 0.3) is 0 Å². The topological polar surface area (TPSA) is 17.1 Å². The standard InChI is InChI=1S/C18H21OTe.BF4/c1-18(2,3)17(19)14-20(15-10-6-4-7-11-15)16-12-8-5-9-13-16;2-1(3,4)5/h4-13H,14H2,1-3H3;/q+1;-1. The van der Waals surface area contributed by atoms with Crippen molar-refractivity contribution < 1.29 is 22.1 Å². The van der Waals surface area contributed by atoms with Gasteiger partial charge in [0.2, 0.25) is 0 Å².